The molecule has 2 N–H and O–H groups in total. The molecule has 1 saturated heterocycles. The average Bonchev–Trinajstić information content (AvgIpc) is 3.22. The number of hydrogen-bond donors (Lipinski definition) is 1. The molecule has 1 aliphatic rings. The van der Waals surface area contributed by atoms with Crippen molar-refractivity contribution in [3.63, 3.8) is 0 Å². The largest absolute Gasteiger partial charge is 0.362 e. The first-order valence-corrected chi connectivity index (χ1v) is 12.3. The number of ether oxygens (including phenoxy) is 1. The second-order valence-electron chi connectivity index (χ2n) is 8.89. The molecule has 1 aliphatic heterocycles. The number of aryl methyl sites for hydroxylation is 1. The molecule has 5 nitrogen and oxygen atoms in total. The molecule has 1 atom stereocenters. The molecule has 2 heterocycles. The summed E-state index contributed by atoms with van der Waals surface area (Å²) in [7, 11) is 2.18. The van der Waals surface area contributed by atoms with Crippen LogP contribution in [0.5, 0.6) is 0 Å². The second-order valence-corrected chi connectivity index (χ2v) is 8.89. The van der Waals surface area contributed by atoms with Gasteiger partial charge in [0.05, 0.1) is 17.1 Å². The van der Waals surface area contributed by atoms with Crippen molar-refractivity contribution in [3.05, 3.63) is 65.5 Å². The Morgan fingerprint density at radius 3 is 2.73 bits per heavy atom. The van der Waals surface area contributed by atoms with Gasteiger partial charge in [-0.15, -0.1) is 0 Å². The lowest BCUT2D eigenvalue weighted by Crippen LogP contribution is -2.35. The normalized spacial score (nSPS) is 16.0. The minimum Gasteiger partial charge on any atom is -0.362 e. The number of unbranched alkanes of at least 4 members (excludes halogenated alkanes) is 2. The summed E-state index contributed by atoms with van der Waals surface area (Å²) < 4.78 is 9.12. The zero-order valence-corrected chi connectivity index (χ0v) is 20.0. The van der Waals surface area contributed by atoms with Crippen molar-refractivity contribution in [2.45, 2.75) is 57.8 Å². The highest BCUT2D eigenvalue weighted by Crippen LogP contribution is 2.32. The Morgan fingerprint density at radius 2 is 1.94 bits per heavy atom. The maximum atomic E-state index is 6.82. The molecule has 0 spiro atoms. The first-order valence-electron chi connectivity index (χ1n) is 12.3. The second kappa shape index (κ2) is 11.5. The van der Waals surface area contributed by atoms with E-state index in [1.54, 1.807) is 0 Å². The first-order chi connectivity index (χ1) is 16.2. The minimum absolute atomic E-state index is 0.218. The summed E-state index contributed by atoms with van der Waals surface area (Å²) in [4.78, 5) is 7.42. The minimum atomic E-state index is -0.218. The highest BCUT2D eigenvalue weighted by Gasteiger charge is 2.27. The lowest BCUT2D eigenvalue weighted by molar-refractivity contribution is -0.0278. The molecular weight excluding hydrogens is 408 g/mol. The molecule has 33 heavy (non-hydrogen) atoms. The van der Waals surface area contributed by atoms with Gasteiger partial charge in [0.1, 0.15) is 11.9 Å². The van der Waals surface area contributed by atoms with Crippen LogP contribution < -0.4 is 5.73 Å². The Morgan fingerprint density at radius 1 is 1.12 bits per heavy atom. The molecule has 0 radical (unpaired) electrons. The molecule has 0 saturated carbocycles. The fraction of sp³-hybridized carbons (Fsp3) is 0.464. The zero-order valence-electron chi connectivity index (χ0n) is 20.0. The zero-order chi connectivity index (χ0) is 23.0. The van der Waals surface area contributed by atoms with Crippen LogP contribution in [0, 0.1) is 11.8 Å². The van der Waals surface area contributed by atoms with Crippen LogP contribution in [0.4, 0.5) is 0 Å². The van der Waals surface area contributed by atoms with Gasteiger partial charge in [0.15, 0.2) is 0 Å². The van der Waals surface area contributed by atoms with E-state index in [2.05, 4.69) is 77.7 Å². The Hall–Kier alpha value is -2.65. The number of para-hydroxylation sites is 2. The van der Waals surface area contributed by atoms with Gasteiger partial charge in [-0.2, -0.15) is 0 Å². The smallest absolute Gasteiger partial charge is 0.143 e. The summed E-state index contributed by atoms with van der Waals surface area (Å²) in [5.74, 6) is 7.61. The van der Waals surface area contributed by atoms with Crippen molar-refractivity contribution in [2.24, 2.45) is 5.73 Å². The quantitative estimate of drug-likeness (QED) is 0.403. The van der Waals surface area contributed by atoms with Gasteiger partial charge in [-0.3, -0.25) is 0 Å². The molecule has 174 valence electrons. The Kier molecular flexibility index (Phi) is 8.17. The van der Waals surface area contributed by atoms with E-state index < -0.39 is 0 Å². The molecule has 5 heteroatoms. The van der Waals surface area contributed by atoms with Gasteiger partial charge in [0, 0.05) is 31.6 Å². The fourth-order valence-corrected chi connectivity index (χ4v) is 4.53. The van der Waals surface area contributed by atoms with Crippen LogP contribution in [0.15, 0.2) is 48.5 Å². The van der Waals surface area contributed by atoms with Crippen LogP contribution >= 0.6 is 0 Å². The number of likely N-dealkylation sites (tertiary alicyclic amines) is 1. The van der Waals surface area contributed by atoms with Crippen molar-refractivity contribution >= 4 is 11.0 Å². The standard InChI is InChI=1S/C28H36N4O/c1-3-32-26-15-8-7-14-25(26)30-28(32)27(33-24-16-19-31(2)20-17-24)23-13-10-12-22(21-23)11-6-4-5-9-18-29/h7-8,10,12-15,21,24,27H,3-5,9,16-20,29H2,1-2H3. The number of nitrogens with zero attached hydrogens (tertiary/aromatic N) is 3. The average molecular weight is 445 g/mol. The summed E-state index contributed by atoms with van der Waals surface area (Å²) >= 11 is 0. The number of benzene rings is 2. The molecule has 2 aromatic carbocycles. The first kappa shape index (κ1) is 23.5. The van der Waals surface area contributed by atoms with E-state index in [-0.39, 0.29) is 12.2 Å². The number of aromatic nitrogens is 2. The van der Waals surface area contributed by atoms with E-state index in [0.717, 1.165) is 86.3 Å². The summed E-state index contributed by atoms with van der Waals surface area (Å²) in [6.07, 6.45) is 5.04. The van der Waals surface area contributed by atoms with Gasteiger partial charge in [0.25, 0.3) is 0 Å². The van der Waals surface area contributed by atoms with Crippen molar-refractivity contribution in [1.82, 2.24) is 14.5 Å². The van der Waals surface area contributed by atoms with Crippen molar-refractivity contribution < 1.29 is 4.74 Å². The molecule has 1 unspecified atom stereocenters. The lowest BCUT2D eigenvalue weighted by atomic mass is 10.0. The van der Waals surface area contributed by atoms with Gasteiger partial charge in [-0.1, -0.05) is 36.1 Å². The predicted molar refractivity (Wildman–Crippen MR) is 135 cm³/mol. The summed E-state index contributed by atoms with van der Waals surface area (Å²) in [6, 6.07) is 16.8. The van der Waals surface area contributed by atoms with Crippen molar-refractivity contribution in [3.8, 4) is 11.8 Å². The molecule has 0 amide bonds. The Bertz CT molecular complexity index is 1100. The highest BCUT2D eigenvalue weighted by molar-refractivity contribution is 5.76. The number of imidazole rings is 1. The number of fused-ring (bicyclic) bond motifs is 1. The highest BCUT2D eigenvalue weighted by atomic mass is 16.5. The monoisotopic (exact) mass is 444 g/mol. The van der Waals surface area contributed by atoms with Gasteiger partial charge >= 0.3 is 0 Å². The van der Waals surface area contributed by atoms with Gasteiger partial charge < -0.3 is 19.9 Å². The van der Waals surface area contributed by atoms with Gasteiger partial charge in [-0.05, 0) is 76.0 Å². The van der Waals surface area contributed by atoms with Crippen molar-refractivity contribution in [2.75, 3.05) is 26.7 Å². The third-order valence-electron chi connectivity index (χ3n) is 6.41. The van der Waals surface area contributed by atoms with Gasteiger partial charge in [0.2, 0.25) is 0 Å². The molecule has 1 fully saturated rings. The van der Waals surface area contributed by atoms with E-state index in [4.69, 9.17) is 15.5 Å². The van der Waals surface area contributed by atoms with E-state index >= 15 is 0 Å². The van der Waals surface area contributed by atoms with E-state index in [0.29, 0.717) is 0 Å². The van der Waals surface area contributed by atoms with Crippen LogP contribution in [0.3, 0.4) is 0 Å². The maximum Gasteiger partial charge on any atom is 0.143 e. The molecule has 0 bridgehead atoms. The SMILES string of the molecule is CCn1c(C(OC2CCN(C)CC2)c2cccc(C#CCCCCN)c2)nc2ccccc21. The van der Waals surface area contributed by atoms with Crippen LogP contribution in [-0.2, 0) is 11.3 Å². The predicted octanol–water partition coefficient (Wildman–Crippen LogP) is 4.74. The maximum absolute atomic E-state index is 6.82. The van der Waals surface area contributed by atoms with Crippen LogP contribution in [-0.4, -0.2) is 47.2 Å². The third kappa shape index (κ3) is 5.83. The third-order valence-corrected chi connectivity index (χ3v) is 6.41. The molecule has 0 aliphatic carbocycles. The summed E-state index contributed by atoms with van der Waals surface area (Å²) in [5, 5.41) is 0. The number of nitrogens with two attached hydrogens (primary N) is 1. The summed E-state index contributed by atoms with van der Waals surface area (Å²) in [6.45, 7) is 5.88. The topological polar surface area (TPSA) is 56.3 Å². The summed E-state index contributed by atoms with van der Waals surface area (Å²) in [5.41, 5.74) is 9.91. The van der Waals surface area contributed by atoms with Gasteiger partial charge in [-0.25, -0.2) is 4.98 Å². The van der Waals surface area contributed by atoms with Crippen LogP contribution in [0.1, 0.15) is 62.1 Å². The van der Waals surface area contributed by atoms with Crippen LogP contribution in [0.2, 0.25) is 0 Å². The number of piperidine rings is 1. The molecular formula is C28H36N4O. The van der Waals surface area contributed by atoms with E-state index in [9.17, 15) is 0 Å². The molecule has 1 aromatic heterocycles. The Labute approximate surface area is 197 Å². The van der Waals surface area contributed by atoms with Crippen LogP contribution in [0.25, 0.3) is 11.0 Å². The Balaban J connectivity index is 1.67. The van der Waals surface area contributed by atoms with E-state index in [1.165, 1.54) is 0 Å². The molecule has 4 rings (SSSR count). The fourth-order valence-electron chi connectivity index (χ4n) is 4.53. The lowest BCUT2D eigenvalue weighted by Gasteiger charge is -2.32. The molecule has 3 aromatic rings. The number of rotatable bonds is 8. The number of hydrogen-bond acceptors (Lipinski definition) is 4. The van der Waals surface area contributed by atoms with E-state index in [1.807, 2.05) is 6.07 Å². The van der Waals surface area contributed by atoms with Crippen molar-refractivity contribution in [1.29, 1.82) is 0 Å².